The number of halogens is 3. The van der Waals surface area contributed by atoms with Crippen LogP contribution in [-0.2, 0) is 17.4 Å². The van der Waals surface area contributed by atoms with Crippen LogP contribution in [0.5, 0.6) is 0 Å². The van der Waals surface area contributed by atoms with Gasteiger partial charge in [-0.1, -0.05) is 12.1 Å². The average Bonchev–Trinajstić information content (AvgIpc) is 3.69. The average molecular weight is 472 g/mol. The maximum atomic E-state index is 13.5. The number of aromatic nitrogens is 3. The molecule has 2 N–H and O–H groups in total. The van der Waals surface area contributed by atoms with Crippen LogP contribution in [0.3, 0.4) is 0 Å². The van der Waals surface area contributed by atoms with Crippen LogP contribution in [0.2, 0.25) is 0 Å². The molecule has 1 aromatic carbocycles. The van der Waals surface area contributed by atoms with Crippen molar-refractivity contribution in [1.29, 1.82) is 5.26 Å². The zero-order valence-corrected chi connectivity index (χ0v) is 17.7. The summed E-state index contributed by atoms with van der Waals surface area (Å²) in [5.74, 6) is -1.69. The van der Waals surface area contributed by atoms with Crippen molar-refractivity contribution < 1.29 is 27.2 Å². The molecule has 2 fully saturated rings. The van der Waals surface area contributed by atoms with Gasteiger partial charge in [0.15, 0.2) is 17.2 Å². The van der Waals surface area contributed by atoms with Gasteiger partial charge in [0.1, 0.15) is 17.1 Å². The summed E-state index contributed by atoms with van der Waals surface area (Å²) in [5.41, 5.74) is -2.02. The fourth-order valence-corrected chi connectivity index (χ4v) is 3.63. The van der Waals surface area contributed by atoms with E-state index in [4.69, 9.17) is 4.42 Å². The number of rotatable bonds is 7. The number of oxazole rings is 1. The summed E-state index contributed by atoms with van der Waals surface area (Å²) in [6.07, 6.45) is -1.74. The number of carbonyl (C=O) groups excluding carboxylic acids is 2. The van der Waals surface area contributed by atoms with E-state index in [1.807, 2.05) is 6.07 Å². The third-order valence-corrected chi connectivity index (χ3v) is 5.83. The number of benzene rings is 1. The fraction of sp³-hybridized carbons (Fsp3) is 0.409. The number of fused-ring (bicyclic) bond motifs is 1. The van der Waals surface area contributed by atoms with Crippen LogP contribution in [0, 0.1) is 11.3 Å². The normalized spacial score (nSPS) is 17.7. The number of alkyl halides is 3. The van der Waals surface area contributed by atoms with Crippen LogP contribution in [0.1, 0.15) is 53.7 Å². The summed E-state index contributed by atoms with van der Waals surface area (Å²) >= 11 is 0. The minimum absolute atomic E-state index is 0.119. The number of carbonyl (C=O) groups is 2. The first-order chi connectivity index (χ1) is 16.2. The molecule has 2 saturated carbocycles. The summed E-state index contributed by atoms with van der Waals surface area (Å²) in [6.45, 7) is 0. The molecule has 2 aromatic heterocycles. The SMILES string of the molecule is N#CC1(NC(=O)C(Cc2nc3ccccc3o2)NC(=O)c2cn(C3CC3)nc2C(F)(F)F)CC1. The lowest BCUT2D eigenvalue weighted by molar-refractivity contribution is -0.141. The Labute approximate surface area is 190 Å². The molecule has 34 heavy (non-hydrogen) atoms. The summed E-state index contributed by atoms with van der Waals surface area (Å²) in [4.78, 5) is 30.2. The van der Waals surface area contributed by atoms with E-state index in [2.05, 4.69) is 20.7 Å². The molecule has 2 amide bonds. The monoisotopic (exact) mass is 472 g/mol. The van der Waals surface area contributed by atoms with Crippen LogP contribution in [0.15, 0.2) is 34.9 Å². The van der Waals surface area contributed by atoms with Gasteiger partial charge in [0.05, 0.1) is 24.1 Å². The van der Waals surface area contributed by atoms with Crippen molar-refractivity contribution in [2.24, 2.45) is 0 Å². The Morgan fingerprint density at radius 2 is 2.03 bits per heavy atom. The zero-order chi connectivity index (χ0) is 24.1. The smallest absolute Gasteiger partial charge is 0.435 e. The Hall–Kier alpha value is -3.88. The topological polar surface area (TPSA) is 126 Å². The van der Waals surface area contributed by atoms with Gasteiger partial charge in [0.2, 0.25) is 5.91 Å². The quantitative estimate of drug-likeness (QED) is 0.545. The highest BCUT2D eigenvalue weighted by atomic mass is 19.4. The molecule has 0 aliphatic heterocycles. The lowest BCUT2D eigenvalue weighted by Crippen LogP contribution is -2.51. The number of para-hydroxylation sites is 2. The van der Waals surface area contributed by atoms with Crippen molar-refractivity contribution in [3.8, 4) is 6.07 Å². The number of nitrogens with zero attached hydrogens (tertiary/aromatic N) is 4. The molecule has 3 aromatic rings. The Bertz CT molecular complexity index is 1280. The molecule has 9 nitrogen and oxygen atoms in total. The van der Waals surface area contributed by atoms with E-state index in [0.29, 0.717) is 36.8 Å². The second kappa shape index (κ2) is 7.86. The number of hydrogen-bond donors (Lipinski definition) is 2. The van der Waals surface area contributed by atoms with Crippen LogP contribution in [-0.4, -0.2) is 38.2 Å². The highest BCUT2D eigenvalue weighted by molar-refractivity contribution is 5.98. The molecule has 2 aliphatic carbocycles. The van der Waals surface area contributed by atoms with E-state index in [-0.39, 0.29) is 18.4 Å². The van der Waals surface area contributed by atoms with Gasteiger partial charge >= 0.3 is 6.18 Å². The van der Waals surface area contributed by atoms with Crippen LogP contribution >= 0.6 is 0 Å². The Morgan fingerprint density at radius 1 is 1.29 bits per heavy atom. The molecule has 176 valence electrons. The Kier molecular flexibility index (Phi) is 5.07. The largest absolute Gasteiger partial charge is 0.441 e. The molecule has 0 radical (unpaired) electrons. The van der Waals surface area contributed by atoms with Gasteiger partial charge in [-0.3, -0.25) is 14.3 Å². The Balaban J connectivity index is 1.42. The predicted molar refractivity (Wildman–Crippen MR) is 110 cm³/mol. The first-order valence-corrected chi connectivity index (χ1v) is 10.7. The summed E-state index contributed by atoms with van der Waals surface area (Å²) in [5, 5.41) is 17.8. The molecule has 2 aliphatic rings. The van der Waals surface area contributed by atoms with Crippen molar-refractivity contribution in [2.45, 2.75) is 55.9 Å². The minimum atomic E-state index is -4.84. The molecule has 0 saturated heterocycles. The van der Waals surface area contributed by atoms with Gasteiger partial charge in [-0.05, 0) is 37.8 Å². The maximum Gasteiger partial charge on any atom is 0.435 e. The van der Waals surface area contributed by atoms with Crippen molar-refractivity contribution >= 4 is 22.9 Å². The van der Waals surface area contributed by atoms with Gasteiger partial charge < -0.3 is 15.1 Å². The van der Waals surface area contributed by atoms with E-state index in [0.717, 1.165) is 10.9 Å². The number of hydrogen-bond acceptors (Lipinski definition) is 6. The first-order valence-electron chi connectivity index (χ1n) is 10.7. The van der Waals surface area contributed by atoms with Crippen molar-refractivity contribution in [2.75, 3.05) is 0 Å². The van der Waals surface area contributed by atoms with E-state index in [1.54, 1.807) is 24.3 Å². The van der Waals surface area contributed by atoms with Gasteiger partial charge in [-0.2, -0.15) is 23.5 Å². The Morgan fingerprint density at radius 3 is 2.65 bits per heavy atom. The highest BCUT2D eigenvalue weighted by Gasteiger charge is 2.46. The zero-order valence-electron chi connectivity index (χ0n) is 17.7. The molecular formula is C22H19F3N6O3. The summed E-state index contributed by atoms with van der Waals surface area (Å²) in [6, 6.07) is 7.39. The van der Waals surface area contributed by atoms with Gasteiger partial charge in [0.25, 0.3) is 5.91 Å². The lowest BCUT2D eigenvalue weighted by Gasteiger charge is -2.19. The van der Waals surface area contributed by atoms with Crippen LogP contribution in [0.25, 0.3) is 11.1 Å². The third kappa shape index (κ3) is 4.33. The van der Waals surface area contributed by atoms with Gasteiger partial charge in [0, 0.05) is 6.20 Å². The van der Waals surface area contributed by atoms with E-state index >= 15 is 0 Å². The highest BCUT2D eigenvalue weighted by Crippen LogP contribution is 2.38. The van der Waals surface area contributed by atoms with Crippen molar-refractivity contribution in [3.05, 3.63) is 47.6 Å². The van der Waals surface area contributed by atoms with E-state index in [9.17, 15) is 28.0 Å². The minimum Gasteiger partial charge on any atom is -0.441 e. The molecule has 1 atom stereocenters. The van der Waals surface area contributed by atoms with Crippen molar-refractivity contribution in [3.63, 3.8) is 0 Å². The third-order valence-electron chi connectivity index (χ3n) is 5.83. The molecule has 0 spiro atoms. The summed E-state index contributed by atoms with van der Waals surface area (Å²) < 4.78 is 47.4. The number of nitriles is 1. The fourth-order valence-electron chi connectivity index (χ4n) is 3.63. The van der Waals surface area contributed by atoms with Crippen LogP contribution in [0.4, 0.5) is 13.2 Å². The first kappa shape index (κ1) is 21.9. The molecule has 12 heteroatoms. The second-order valence-electron chi connectivity index (χ2n) is 8.59. The standard InChI is InChI=1S/C22H19F3N6O3/c23-22(24,25)18-13(10-31(30-18)12-5-6-12)19(32)28-15(20(33)29-21(11-26)7-8-21)9-17-27-14-3-1-2-4-16(14)34-17/h1-4,10,12,15H,5-9H2,(H,28,32)(H,29,33). The number of nitrogens with one attached hydrogen (secondary N) is 2. The van der Waals surface area contributed by atoms with Crippen molar-refractivity contribution in [1.82, 2.24) is 25.4 Å². The van der Waals surface area contributed by atoms with Gasteiger partial charge in [-0.25, -0.2) is 4.98 Å². The van der Waals surface area contributed by atoms with Crippen LogP contribution < -0.4 is 10.6 Å². The number of amides is 2. The predicted octanol–water partition coefficient (Wildman–Crippen LogP) is 2.89. The second-order valence-corrected chi connectivity index (χ2v) is 8.59. The van der Waals surface area contributed by atoms with E-state index < -0.39 is 40.8 Å². The molecule has 1 unspecified atom stereocenters. The summed E-state index contributed by atoms with van der Waals surface area (Å²) in [7, 11) is 0. The maximum absolute atomic E-state index is 13.5. The molecular weight excluding hydrogens is 453 g/mol. The lowest BCUT2D eigenvalue weighted by atomic mass is 10.1. The van der Waals surface area contributed by atoms with Gasteiger partial charge in [-0.15, -0.1) is 0 Å². The van der Waals surface area contributed by atoms with E-state index in [1.165, 1.54) is 0 Å². The molecule has 2 heterocycles. The molecule has 5 rings (SSSR count). The molecule has 0 bridgehead atoms.